The number of rotatable bonds is 9. The van der Waals surface area contributed by atoms with E-state index >= 15 is 4.39 Å². The summed E-state index contributed by atoms with van der Waals surface area (Å²) in [6, 6.07) is 8.72. The maximum absolute atomic E-state index is 15.1. The Labute approximate surface area is 241 Å². The Balaban J connectivity index is 1.23. The third kappa shape index (κ3) is 5.70. The molecule has 1 aliphatic heterocycles. The highest BCUT2D eigenvalue weighted by Gasteiger charge is 2.29. The van der Waals surface area contributed by atoms with Crippen molar-refractivity contribution in [3.63, 3.8) is 0 Å². The van der Waals surface area contributed by atoms with Gasteiger partial charge < -0.3 is 25.3 Å². The highest BCUT2D eigenvalue weighted by atomic mass is 19.1. The van der Waals surface area contributed by atoms with Crippen molar-refractivity contribution in [2.45, 2.75) is 6.04 Å². The number of aromatic amines is 1. The fraction of sp³-hybridized carbons (Fsp3) is 0.276. The molecule has 1 atom stereocenters. The standard InChI is InChI=1S/C29H31FN10O2/c1-38-10-12-39(13-11-38)24(17-42-2)28(41)36-23-5-3-4-20-21(15-33-27(20)23)26-22(30)16-34-29(37-26)35-19-6-7-25(32-14-19)40-9-8-31-18-40/h3-9,14-16,18,24,33H,10-13,17H2,1-2H3,(H,36,41)(H,34,35,37)/t24-/m1/s1. The Morgan fingerprint density at radius 3 is 2.74 bits per heavy atom. The average molecular weight is 571 g/mol. The number of fused-ring (bicyclic) bond motifs is 1. The maximum Gasteiger partial charge on any atom is 0.244 e. The lowest BCUT2D eigenvalue weighted by molar-refractivity contribution is -0.124. The van der Waals surface area contributed by atoms with Gasteiger partial charge in [0.25, 0.3) is 0 Å². The van der Waals surface area contributed by atoms with Gasteiger partial charge in [-0.3, -0.25) is 14.3 Å². The summed E-state index contributed by atoms with van der Waals surface area (Å²) in [5, 5.41) is 6.86. The van der Waals surface area contributed by atoms with E-state index < -0.39 is 11.9 Å². The van der Waals surface area contributed by atoms with Crippen LogP contribution in [-0.2, 0) is 9.53 Å². The first-order chi connectivity index (χ1) is 20.5. The topological polar surface area (TPSA) is 129 Å². The Morgan fingerprint density at radius 2 is 2.00 bits per heavy atom. The molecule has 12 nitrogen and oxygen atoms in total. The summed E-state index contributed by atoms with van der Waals surface area (Å²) in [6.45, 7) is 3.62. The van der Waals surface area contributed by atoms with Crippen LogP contribution in [0.3, 0.4) is 0 Å². The molecule has 1 saturated heterocycles. The summed E-state index contributed by atoms with van der Waals surface area (Å²) in [7, 11) is 3.67. The van der Waals surface area contributed by atoms with E-state index in [2.05, 4.69) is 52.4 Å². The number of halogens is 1. The van der Waals surface area contributed by atoms with Gasteiger partial charge >= 0.3 is 0 Å². The van der Waals surface area contributed by atoms with Crippen LogP contribution in [0.4, 0.5) is 21.7 Å². The van der Waals surface area contributed by atoms with Crippen molar-refractivity contribution in [2.75, 3.05) is 57.6 Å². The predicted molar refractivity (Wildman–Crippen MR) is 157 cm³/mol. The number of nitrogens with zero attached hydrogens (tertiary/aromatic N) is 7. The van der Waals surface area contributed by atoms with E-state index in [1.807, 2.05) is 30.3 Å². The first-order valence-electron chi connectivity index (χ1n) is 13.6. The molecule has 0 saturated carbocycles. The minimum Gasteiger partial charge on any atom is -0.383 e. The van der Waals surface area contributed by atoms with Crippen LogP contribution in [0, 0.1) is 5.82 Å². The van der Waals surface area contributed by atoms with Crippen LogP contribution in [0.2, 0.25) is 0 Å². The van der Waals surface area contributed by atoms with E-state index in [0.29, 0.717) is 33.7 Å². The van der Waals surface area contributed by atoms with Crippen molar-refractivity contribution in [3.05, 3.63) is 73.5 Å². The van der Waals surface area contributed by atoms with Gasteiger partial charge in [0.15, 0.2) is 5.82 Å². The first-order valence-corrected chi connectivity index (χ1v) is 13.6. The summed E-state index contributed by atoms with van der Waals surface area (Å²) in [5.74, 6) is 0.201. The molecular formula is C29H31FN10O2. The number of aromatic nitrogens is 6. The summed E-state index contributed by atoms with van der Waals surface area (Å²) >= 11 is 0. The van der Waals surface area contributed by atoms with Gasteiger partial charge in [-0.1, -0.05) is 12.1 Å². The second kappa shape index (κ2) is 12.0. The predicted octanol–water partition coefficient (Wildman–Crippen LogP) is 3.29. The first kappa shape index (κ1) is 27.4. The van der Waals surface area contributed by atoms with Gasteiger partial charge in [-0.25, -0.2) is 24.3 Å². The molecule has 1 fully saturated rings. The molecule has 13 heteroatoms. The zero-order valence-corrected chi connectivity index (χ0v) is 23.3. The quantitative estimate of drug-likeness (QED) is 0.245. The summed E-state index contributed by atoms with van der Waals surface area (Å²) in [5.41, 5.74) is 2.58. The number of imidazole rings is 1. The molecule has 1 aliphatic rings. The van der Waals surface area contributed by atoms with Gasteiger partial charge in [0.2, 0.25) is 11.9 Å². The highest BCUT2D eigenvalue weighted by Crippen LogP contribution is 2.33. The van der Waals surface area contributed by atoms with Crippen LogP contribution in [0.1, 0.15) is 0 Å². The molecule has 4 aromatic heterocycles. The number of amides is 1. The van der Waals surface area contributed by atoms with Crippen LogP contribution in [0.25, 0.3) is 28.0 Å². The van der Waals surface area contributed by atoms with Crippen molar-refractivity contribution in [1.82, 2.24) is 39.3 Å². The number of anilines is 3. The largest absolute Gasteiger partial charge is 0.383 e. The van der Waals surface area contributed by atoms with Crippen LogP contribution >= 0.6 is 0 Å². The van der Waals surface area contributed by atoms with Crippen LogP contribution in [0.15, 0.2) is 67.6 Å². The number of benzene rings is 1. The number of methoxy groups -OCH3 is 1. The van der Waals surface area contributed by atoms with Crippen molar-refractivity contribution < 1.29 is 13.9 Å². The lowest BCUT2D eigenvalue weighted by atomic mass is 10.1. The van der Waals surface area contributed by atoms with Gasteiger partial charge in [-0.05, 0) is 25.2 Å². The van der Waals surface area contributed by atoms with Crippen LogP contribution in [0.5, 0.6) is 0 Å². The molecule has 0 aliphatic carbocycles. The van der Waals surface area contributed by atoms with Crippen molar-refractivity contribution in [3.8, 4) is 17.1 Å². The number of likely N-dealkylation sites (N-methyl/N-ethyl adjacent to an activating group) is 1. The van der Waals surface area contributed by atoms with Crippen LogP contribution in [-0.4, -0.2) is 98.2 Å². The number of carbonyl (C=O) groups excluding carboxylic acids is 1. The summed E-state index contributed by atoms with van der Waals surface area (Å²) in [6.07, 6.45) is 9.60. The fourth-order valence-electron chi connectivity index (χ4n) is 5.06. The Hall–Kier alpha value is -4.72. The van der Waals surface area contributed by atoms with E-state index in [9.17, 15) is 4.79 Å². The zero-order valence-electron chi connectivity index (χ0n) is 23.3. The van der Waals surface area contributed by atoms with E-state index in [0.717, 1.165) is 32.4 Å². The molecule has 0 spiro atoms. The van der Waals surface area contributed by atoms with Crippen molar-refractivity contribution in [2.24, 2.45) is 0 Å². The van der Waals surface area contributed by atoms with E-state index in [4.69, 9.17) is 4.74 Å². The van der Waals surface area contributed by atoms with E-state index in [1.165, 1.54) is 0 Å². The number of ether oxygens (including phenoxy) is 1. The molecule has 5 heterocycles. The minimum atomic E-state index is -0.570. The highest BCUT2D eigenvalue weighted by molar-refractivity contribution is 6.06. The van der Waals surface area contributed by atoms with Gasteiger partial charge in [-0.2, -0.15) is 0 Å². The number of para-hydroxylation sites is 1. The van der Waals surface area contributed by atoms with Crippen LogP contribution < -0.4 is 10.6 Å². The fourth-order valence-corrected chi connectivity index (χ4v) is 5.06. The number of hydrogen-bond acceptors (Lipinski definition) is 9. The number of carbonyl (C=O) groups is 1. The molecule has 3 N–H and O–H groups in total. The molecule has 216 valence electrons. The summed E-state index contributed by atoms with van der Waals surface area (Å²) < 4.78 is 22.2. The normalized spacial score (nSPS) is 15.1. The van der Waals surface area contributed by atoms with Gasteiger partial charge in [0.1, 0.15) is 23.9 Å². The molecule has 0 unspecified atom stereocenters. The zero-order chi connectivity index (χ0) is 29.1. The second-order valence-electron chi connectivity index (χ2n) is 10.1. The monoisotopic (exact) mass is 570 g/mol. The molecule has 6 rings (SSSR count). The smallest absolute Gasteiger partial charge is 0.244 e. The van der Waals surface area contributed by atoms with Crippen molar-refractivity contribution >= 4 is 34.1 Å². The molecule has 1 amide bonds. The molecule has 5 aromatic rings. The van der Waals surface area contributed by atoms with E-state index in [1.54, 1.807) is 42.8 Å². The Morgan fingerprint density at radius 1 is 1.14 bits per heavy atom. The van der Waals surface area contributed by atoms with Crippen molar-refractivity contribution in [1.29, 1.82) is 0 Å². The van der Waals surface area contributed by atoms with Gasteiger partial charge in [0.05, 0.1) is 35.9 Å². The molecule has 0 bridgehead atoms. The number of hydrogen-bond donors (Lipinski definition) is 3. The number of piperazine rings is 1. The molecular weight excluding hydrogens is 539 g/mol. The van der Waals surface area contributed by atoms with Gasteiger partial charge in [-0.15, -0.1) is 0 Å². The molecule has 1 aromatic carbocycles. The SMILES string of the molecule is COC[C@H](C(=O)Nc1cccc2c(-c3nc(Nc4ccc(-n5ccnc5)nc4)ncc3F)c[nH]c12)N1CCN(C)CC1. The second-order valence-corrected chi connectivity index (χ2v) is 10.1. The molecule has 42 heavy (non-hydrogen) atoms. The maximum atomic E-state index is 15.1. The lowest BCUT2D eigenvalue weighted by Crippen LogP contribution is -2.54. The van der Waals surface area contributed by atoms with E-state index in [-0.39, 0.29) is 24.2 Å². The lowest BCUT2D eigenvalue weighted by Gasteiger charge is -2.36. The third-order valence-corrected chi connectivity index (χ3v) is 7.35. The number of pyridine rings is 1. The Kier molecular flexibility index (Phi) is 7.86. The average Bonchev–Trinajstić information content (AvgIpc) is 3.69. The number of H-pyrrole nitrogens is 1. The minimum absolute atomic E-state index is 0.125. The van der Waals surface area contributed by atoms with Gasteiger partial charge in [0, 0.05) is 62.8 Å². The molecule has 0 radical (unpaired) electrons. The summed E-state index contributed by atoms with van der Waals surface area (Å²) in [4.78, 5) is 38.0. The number of nitrogens with one attached hydrogen (secondary N) is 3. The Bertz CT molecular complexity index is 1660. The third-order valence-electron chi connectivity index (χ3n) is 7.35.